The van der Waals surface area contributed by atoms with Gasteiger partial charge in [0.1, 0.15) is 5.69 Å². The fraction of sp³-hybridized carbons (Fsp3) is 0.348. The zero-order valence-electron chi connectivity index (χ0n) is 16.9. The average molecular weight is 505 g/mol. The van der Waals surface area contributed by atoms with E-state index in [1.165, 1.54) is 26.6 Å². The van der Waals surface area contributed by atoms with Crippen molar-refractivity contribution in [2.45, 2.75) is 17.1 Å². The Morgan fingerprint density at radius 2 is 1.83 bits per heavy atom. The Morgan fingerprint density at radius 3 is 2.57 bits per heavy atom. The van der Waals surface area contributed by atoms with Gasteiger partial charge < -0.3 is 9.88 Å². The minimum absolute atomic E-state index is 0.107. The van der Waals surface area contributed by atoms with E-state index in [0.717, 1.165) is 43.9 Å². The SMILES string of the molecule is O=C(c1cc(-c2ccccc2)c[nH]1)N1CCN(CCCCSc2ccc(Br)s2)CC1. The summed E-state index contributed by atoms with van der Waals surface area (Å²) < 4.78 is 2.58. The summed E-state index contributed by atoms with van der Waals surface area (Å²) in [6.07, 6.45) is 4.36. The number of amides is 1. The Hall–Kier alpha value is -1.54. The van der Waals surface area contributed by atoms with Gasteiger partial charge in [0, 0.05) is 32.4 Å². The van der Waals surface area contributed by atoms with Crippen LogP contribution in [-0.4, -0.2) is 59.2 Å². The molecule has 30 heavy (non-hydrogen) atoms. The van der Waals surface area contributed by atoms with Crippen LogP contribution in [0.5, 0.6) is 0 Å². The molecule has 0 unspecified atom stereocenters. The minimum atomic E-state index is 0.107. The molecule has 1 aliphatic heterocycles. The molecule has 1 aromatic carbocycles. The molecular formula is C23H26BrN3OS2. The fourth-order valence-electron chi connectivity index (χ4n) is 3.65. The highest BCUT2D eigenvalue weighted by Gasteiger charge is 2.23. The number of nitrogens with zero attached hydrogens (tertiary/aromatic N) is 2. The van der Waals surface area contributed by atoms with Gasteiger partial charge in [-0.3, -0.25) is 9.69 Å². The number of hydrogen-bond acceptors (Lipinski definition) is 4. The second-order valence-corrected chi connectivity index (χ2v) is 11.3. The number of carbonyl (C=O) groups is 1. The van der Waals surface area contributed by atoms with Crippen LogP contribution >= 0.6 is 39.0 Å². The number of nitrogens with one attached hydrogen (secondary N) is 1. The number of rotatable bonds is 8. The number of aromatic amines is 1. The van der Waals surface area contributed by atoms with E-state index >= 15 is 0 Å². The van der Waals surface area contributed by atoms with Gasteiger partial charge in [-0.15, -0.1) is 23.1 Å². The molecule has 1 aliphatic rings. The number of unbranched alkanes of at least 4 members (excludes halogenated alkanes) is 1. The van der Waals surface area contributed by atoms with Gasteiger partial charge in [0.25, 0.3) is 5.91 Å². The zero-order valence-corrected chi connectivity index (χ0v) is 20.1. The first kappa shape index (κ1) is 21.7. The number of piperazine rings is 1. The summed E-state index contributed by atoms with van der Waals surface area (Å²) in [7, 11) is 0. The van der Waals surface area contributed by atoms with Crippen molar-refractivity contribution in [3.8, 4) is 11.1 Å². The van der Waals surface area contributed by atoms with Gasteiger partial charge in [0.05, 0.1) is 8.00 Å². The molecule has 3 aromatic rings. The standard InChI is InChI=1S/C23H26BrN3OS2/c24-21-8-9-22(30-21)29-15-5-4-10-26-11-13-27(14-12-26)23(28)20-16-19(17-25-20)18-6-2-1-3-7-18/h1-3,6-9,16-17,25H,4-5,10-15H2. The van der Waals surface area contributed by atoms with E-state index < -0.39 is 0 Å². The molecule has 0 bridgehead atoms. The topological polar surface area (TPSA) is 39.3 Å². The van der Waals surface area contributed by atoms with Gasteiger partial charge in [-0.25, -0.2) is 0 Å². The summed E-state index contributed by atoms with van der Waals surface area (Å²) in [5, 5.41) is 0. The molecule has 158 valence electrons. The van der Waals surface area contributed by atoms with Crippen LogP contribution in [0.3, 0.4) is 0 Å². The van der Waals surface area contributed by atoms with Crippen molar-refractivity contribution in [3.05, 3.63) is 64.2 Å². The molecule has 4 rings (SSSR count). The van der Waals surface area contributed by atoms with E-state index in [4.69, 9.17) is 0 Å². The Bertz CT molecular complexity index is 948. The van der Waals surface area contributed by atoms with Crippen molar-refractivity contribution in [1.82, 2.24) is 14.8 Å². The number of hydrogen-bond donors (Lipinski definition) is 1. The number of carbonyl (C=O) groups excluding carboxylic acids is 1. The molecule has 4 nitrogen and oxygen atoms in total. The number of H-pyrrole nitrogens is 1. The quantitative estimate of drug-likeness (QED) is 0.310. The average Bonchev–Trinajstić information content (AvgIpc) is 3.43. The molecule has 1 fully saturated rings. The second-order valence-electron chi connectivity index (χ2n) is 7.42. The molecule has 1 amide bonds. The molecule has 2 aromatic heterocycles. The lowest BCUT2D eigenvalue weighted by Gasteiger charge is -2.34. The summed E-state index contributed by atoms with van der Waals surface area (Å²) >= 11 is 7.27. The highest BCUT2D eigenvalue weighted by Crippen LogP contribution is 2.31. The van der Waals surface area contributed by atoms with E-state index in [-0.39, 0.29) is 5.91 Å². The summed E-state index contributed by atoms with van der Waals surface area (Å²) in [4.78, 5) is 20.5. The van der Waals surface area contributed by atoms with Crippen molar-refractivity contribution < 1.29 is 4.79 Å². The first-order chi connectivity index (χ1) is 14.7. The van der Waals surface area contributed by atoms with Crippen molar-refractivity contribution in [2.75, 3.05) is 38.5 Å². The van der Waals surface area contributed by atoms with Crippen LogP contribution in [0.4, 0.5) is 0 Å². The van der Waals surface area contributed by atoms with Gasteiger partial charge in [0.15, 0.2) is 0 Å². The predicted octanol–water partition coefficient (Wildman–Crippen LogP) is 5.84. The molecular weight excluding hydrogens is 478 g/mol. The second kappa shape index (κ2) is 10.7. The third kappa shape index (κ3) is 5.78. The van der Waals surface area contributed by atoms with E-state index in [1.807, 2.05) is 47.1 Å². The normalized spacial score (nSPS) is 14.9. The molecule has 0 spiro atoms. The predicted molar refractivity (Wildman–Crippen MR) is 131 cm³/mol. The summed E-state index contributed by atoms with van der Waals surface area (Å²) in [6.45, 7) is 4.65. The Kier molecular flexibility index (Phi) is 7.71. The number of halogens is 1. The van der Waals surface area contributed by atoms with Crippen molar-refractivity contribution in [1.29, 1.82) is 0 Å². The van der Waals surface area contributed by atoms with Gasteiger partial charge in [-0.2, -0.15) is 0 Å². The maximum atomic E-state index is 12.9. The smallest absolute Gasteiger partial charge is 0.270 e. The summed E-state index contributed by atoms with van der Waals surface area (Å²) in [6, 6.07) is 16.4. The third-order valence-electron chi connectivity index (χ3n) is 5.34. The van der Waals surface area contributed by atoms with Crippen LogP contribution in [0.25, 0.3) is 11.1 Å². The van der Waals surface area contributed by atoms with Crippen LogP contribution < -0.4 is 0 Å². The molecule has 1 N–H and O–H groups in total. The number of benzene rings is 1. The lowest BCUT2D eigenvalue weighted by atomic mass is 10.1. The van der Waals surface area contributed by atoms with Crippen LogP contribution in [0.1, 0.15) is 23.3 Å². The number of thiophene rings is 1. The van der Waals surface area contributed by atoms with E-state index in [2.05, 4.69) is 50.1 Å². The molecule has 3 heterocycles. The van der Waals surface area contributed by atoms with Crippen LogP contribution in [-0.2, 0) is 0 Å². The fourth-order valence-corrected chi connectivity index (χ4v) is 6.56. The highest BCUT2D eigenvalue weighted by molar-refractivity contribution is 9.11. The third-order valence-corrected chi connectivity index (χ3v) is 8.28. The van der Waals surface area contributed by atoms with Gasteiger partial charge >= 0.3 is 0 Å². The molecule has 0 aliphatic carbocycles. The maximum Gasteiger partial charge on any atom is 0.270 e. The lowest BCUT2D eigenvalue weighted by Crippen LogP contribution is -2.48. The first-order valence-electron chi connectivity index (χ1n) is 10.3. The van der Waals surface area contributed by atoms with Crippen molar-refractivity contribution in [2.24, 2.45) is 0 Å². The zero-order chi connectivity index (χ0) is 20.8. The van der Waals surface area contributed by atoms with Crippen LogP contribution in [0.15, 0.2) is 62.7 Å². The van der Waals surface area contributed by atoms with E-state index in [1.54, 1.807) is 11.3 Å². The first-order valence-corrected chi connectivity index (χ1v) is 12.9. The number of thioether (sulfide) groups is 1. The molecule has 1 saturated heterocycles. The molecule has 0 saturated carbocycles. The lowest BCUT2D eigenvalue weighted by molar-refractivity contribution is 0.0631. The maximum absolute atomic E-state index is 12.9. The molecule has 0 atom stereocenters. The van der Waals surface area contributed by atoms with Crippen molar-refractivity contribution in [3.63, 3.8) is 0 Å². The van der Waals surface area contributed by atoms with Gasteiger partial charge in [-0.1, -0.05) is 30.3 Å². The molecule has 7 heteroatoms. The summed E-state index contributed by atoms with van der Waals surface area (Å²) in [5.74, 6) is 1.28. The Morgan fingerprint density at radius 1 is 1.03 bits per heavy atom. The van der Waals surface area contributed by atoms with E-state index in [9.17, 15) is 4.79 Å². The van der Waals surface area contributed by atoms with Gasteiger partial charge in [0.2, 0.25) is 0 Å². The minimum Gasteiger partial charge on any atom is -0.357 e. The monoisotopic (exact) mass is 503 g/mol. The number of aromatic nitrogens is 1. The van der Waals surface area contributed by atoms with E-state index in [0.29, 0.717) is 5.69 Å². The van der Waals surface area contributed by atoms with Gasteiger partial charge in [-0.05, 0) is 70.4 Å². The Labute approximate surface area is 194 Å². The Balaban J connectivity index is 1.17. The van der Waals surface area contributed by atoms with Crippen LogP contribution in [0.2, 0.25) is 0 Å². The molecule has 0 radical (unpaired) electrons. The van der Waals surface area contributed by atoms with Crippen LogP contribution in [0, 0.1) is 0 Å². The summed E-state index contributed by atoms with van der Waals surface area (Å²) in [5.41, 5.74) is 2.87. The van der Waals surface area contributed by atoms with Crippen molar-refractivity contribution >= 4 is 44.9 Å². The largest absolute Gasteiger partial charge is 0.357 e. The highest BCUT2D eigenvalue weighted by atomic mass is 79.9.